The van der Waals surface area contributed by atoms with Crippen LogP contribution < -0.4 is 21.1 Å². The number of aryl methyl sites for hydroxylation is 1. The summed E-state index contributed by atoms with van der Waals surface area (Å²) in [6.07, 6.45) is 1.75. The van der Waals surface area contributed by atoms with Crippen molar-refractivity contribution in [2.75, 3.05) is 32.1 Å². The number of nitrogens with one attached hydrogen (secondary N) is 2. The fourth-order valence-electron chi connectivity index (χ4n) is 6.51. The number of carbonyl (C=O) groups excluding carboxylic acids is 2. The second kappa shape index (κ2) is 15.6. The third kappa shape index (κ3) is 7.95. The number of aliphatic hydroxyl groups excluding tert-OH is 2. The van der Waals surface area contributed by atoms with Gasteiger partial charge in [0.1, 0.15) is 11.5 Å². The Hall–Kier alpha value is -5.54. The number of methoxy groups -OCH3 is 1. The Morgan fingerprint density at radius 3 is 2.49 bits per heavy atom. The van der Waals surface area contributed by atoms with Gasteiger partial charge in [-0.25, -0.2) is 8.42 Å². The number of anilines is 2. The van der Waals surface area contributed by atoms with Crippen LogP contribution in [0.1, 0.15) is 56.4 Å². The van der Waals surface area contributed by atoms with E-state index in [1.54, 1.807) is 54.3 Å². The molecule has 0 bridgehead atoms. The highest BCUT2D eigenvalue weighted by Gasteiger charge is 2.27. The number of primary amides is 1. The molecule has 53 heavy (non-hydrogen) atoms. The van der Waals surface area contributed by atoms with Crippen molar-refractivity contribution in [1.29, 1.82) is 0 Å². The quantitative estimate of drug-likeness (QED) is 0.106. The Kier molecular flexibility index (Phi) is 11.0. The van der Waals surface area contributed by atoms with Crippen molar-refractivity contribution in [3.05, 3.63) is 113 Å². The number of ether oxygens (including phenoxy) is 1. The summed E-state index contributed by atoms with van der Waals surface area (Å²) in [5.74, 6) is -0.503. The number of aromatic nitrogens is 1. The number of pyridine rings is 1. The summed E-state index contributed by atoms with van der Waals surface area (Å²) < 4.78 is 33.6. The molecule has 1 aromatic heterocycles. The lowest BCUT2D eigenvalue weighted by Gasteiger charge is -2.33. The third-order valence-electron chi connectivity index (χ3n) is 9.48. The molecule has 0 spiro atoms. The summed E-state index contributed by atoms with van der Waals surface area (Å²) in [5.41, 5.74) is 8.84. The van der Waals surface area contributed by atoms with E-state index in [9.17, 15) is 33.3 Å². The predicted octanol–water partition coefficient (Wildman–Crippen LogP) is 4.35. The van der Waals surface area contributed by atoms with Gasteiger partial charge in [0.2, 0.25) is 9.84 Å². The van der Waals surface area contributed by atoms with Crippen LogP contribution in [0, 0.1) is 6.92 Å². The van der Waals surface area contributed by atoms with E-state index in [1.165, 1.54) is 49.7 Å². The van der Waals surface area contributed by atoms with Gasteiger partial charge in [0.25, 0.3) is 11.8 Å². The van der Waals surface area contributed by atoms with Crippen LogP contribution in [0.4, 0.5) is 11.4 Å². The predicted molar refractivity (Wildman–Crippen MR) is 199 cm³/mol. The second-order valence-electron chi connectivity index (χ2n) is 13.0. The van der Waals surface area contributed by atoms with E-state index in [1.807, 2.05) is 0 Å². The minimum atomic E-state index is -4.15. The zero-order valence-electron chi connectivity index (χ0n) is 29.2. The number of carbonyl (C=O) groups is 2. The first-order valence-corrected chi connectivity index (χ1v) is 18.5. The van der Waals surface area contributed by atoms with Crippen LogP contribution >= 0.6 is 0 Å². The normalized spacial score (nSPS) is 14.2. The van der Waals surface area contributed by atoms with Crippen molar-refractivity contribution in [3.8, 4) is 11.5 Å². The number of hydrogen-bond acceptors (Lipinski definition) is 11. The number of aliphatic hydroxyl groups is 2. The average molecular weight is 740 g/mol. The molecule has 1 atom stereocenters. The van der Waals surface area contributed by atoms with Crippen LogP contribution in [-0.4, -0.2) is 78.2 Å². The fraction of sp³-hybridized carbons (Fsp3) is 0.256. The molecule has 1 fully saturated rings. The molecule has 0 aliphatic carbocycles. The minimum Gasteiger partial charge on any atom is -0.508 e. The van der Waals surface area contributed by atoms with Crippen LogP contribution in [0.5, 0.6) is 11.5 Å². The maximum atomic E-state index is 14.2. The third-order valence-corrected chi connectivity index (χ3v) is 11.2. The second-order valence-corrected chi connectivity index (χ2v) is 14.9. The van der Waals surface area contributed by atoms with E-state index in [-0.39, 0.29) is 51.8 Å². The summed E-state index contributed by atoms with van der Waals surface area (Å²) in [6, 6.07) is 20.6. The number of likely N-dealkylation sites (tertiary alicyclic amines) is 1. The van der Waals surface area contributed by atoms with Crippen LogP contribution in [0.3, 0.4) is 0 Å². The fourth-order valence-corrected chi connectivity index (χ4v) is 7.92. The van der Waals surface area contributed by atoms with Crippen LogP contribution in [0.2, 0.25) is 0 Å². The maximum absolute atomic E-state index is 14.2. The van der Waals surface area contributed by atoms with Gasteiger partial charge in [-0.3, -0.25) is 14.6 Å². The molecule has 13 nitrogen and oxygen atoms in total. The van der Waals surface area contributed by atoms with Crippen LogP contribution in [0.15, 0.2) is 94.9 Å². The average Bonchev–Trinajstić information content (AvgIpc) is 3.17. The van der Waals surface area contributed by atoms with E-state index in [0.29, 0.717) is 70.6 Å². The minimum absolute atomic E-state index is 0.0364. The number of amides is 2. The highest BCUT2D eigenvalue weighted by molar-refractivity contribution is 7.91. The van der Waals surface area contributed by atoms with Gasteiger partial charge in [0.15, 0.2) is 0 Å². The highest BCUT2D eigenvalue weighted by atomic mass is 32.2. The lowest BCUT2D eigenvalue weighted by Crippen LogP contribution is -2.45. The topological polar surface area (TPSA) is 204 Å². The monoisotopic (exact) mass is 739 g/mol. The lowest BCUT2D eigenvalue weighted by atomic mass is 10.0. The number of phenols is 1. The SMILES string of the molecule is COc1cccc(Nc2c(C(N)=O)cnc3c(C)cc(S(=O)(=O)c4cccc(C(=O)N5CCC(NCC(O)c6ccc(O)c(CO)c6)CC5)c4)cc23)c1. The van der Waals surface area contributed by atoms with Crippen molar-refractivity contribution < 1.29 is 38.1 Å². The molecule has 0 saturated carbocycles. The number of benzene rings is 4. The number of nitrogens with two attached hydrogens (primary N) is 1. The van der Waals surface area contributed by atoms with Crippen LogP contribution in [-0.2, 0) is 16.4 Å². The number of sulfone groups is 1. The Balaban J connectivity index is 1.19. The molecule has 0 radical (unpaired) electrons. The van der Waals surface area contributed by atoms with Gasteiger partial charge in [-0.15, -0.1) is 0 Å². The molecular weight excluding hydrogens is 699 g/mol. The zero-order chi connectivity index (χ0) is 37.9. The van der Waals surface area contributed by atoms with Gasteiger partial charge in [-0.1, -0.05) is 18.2 Å². The van der Waals surface area contributed by atoms with Crippen molar-refractivity contribution >= 4 is 43.9 Å². The summed E-state index contributed by atoms with van der Waals surface area (Å²) in [7, 11) is -2.62. The molecule has 1 aliphatic rings. The first-order chi connectivity index (χ1) is 25.4. The highest BCUT2D eigenvalue weighted by Crippen LogP contribution is 2.35. The van der Waals surface area contributed by atoms with Gasteiger partial charge in [-0.05, 0) is 85.5 Å². The Morgan fingerprint density at radius 1 is 1.02 bits per heavy atom. The standard InChI is InChI=1S/C39H41N5O8S/c1-23-15-31(19-32-36(23)42-20-33(38(40)48)37(32)43-28-6-4-7-29(18-28)52-2)53(50,51)30-8-3-5-25(17-30)39(49)44-13-11-27(12-14-44)41-21-35(47)24-9-10-34(46)26(16-24)22-45/h3-10,15-20,27,35,41,45-47H,11-14,21-22H2,1-2H3,(H2,40,48)(H,42,43). The van der Waals surface area contributed by atoms with E-state index in [0.717, 1.165) is 0 Å². The first kappa shape index (κ1) is 37.2. The van der Waals surface area contributed by atoms with E-state index in [4.69, 9.17) is 10.5 Å². The molecule has 7 N–H and O–H groups in total. The smallest absolute Gasteiger partial charge is 0.253 e. The van der Waals surface area contributed by atoms with Gasteiger partial charge < -0.3 is 41.3 Å². The van der Waals surface area contributed by atoms with E-state index < -0.39 is 21.8 Å². The van der Waals surface area contributed by atoms with Gasteiger partial charge in [0.05, 0.1) is 46.4 Å². The maximum Gasteiger partial charge on any atom is 0.253 e. The molecule has 2 heterocycles. The van der Waals surface area contributed by atoms with Crippen molar-refractivity contribution in [2.45, 2.75) is 48.3 Å². The summed E-state index contributed by atoms with van der Waals surface area (Å²) >= 11 is 0. The van der Waals surface area contributed by atoms with E-state index >= 15 is 0 Å². The number of nitrogens with zero attached hydrogens (tertiary/aromatic N) is 2. The molecule has 276 valence electrons. The number of rotatable bonds is 12. The van der Waals surface area contributed by atoms with Crippen LogP contribution in [0.25, 0.3) is 10.9 Å². The molecule has 14 heteroatoms. The lowest BCUT2D eigenvalue weighted by molar-refractivity contribution is 0.0697. The molecule has 6 rings (SSSR count). The van der Waals surface area contributed by atoms with Gasteiger partial charge >= 0.3 is 0 Å². The molecule has 1 saturated heterocycles. The molecule has 1 aliphatic heterocycles. The molecule has 4 aromatic carbocycles. The van der Waals surface area contributed by atoms with Crippen molar-refractivity contribution in [1.82, 2.24) is 15.2 Å². The zero-order valence-corrected chi connectivity index (χ0v) is 30.1. The summed E-state index contributed by atoms with van der Waals surface area (Å²) in [6.45, 7) is 2.50. The Labute approximate surface area is 307 Å². The van der Waals surface area contributed by atoms with Gasteiger partial charge in [0, 0.05) is 60.1 Å². The first-order valence-electron chi connectivity index (χ1n) is 17.0. The Morgan fingerprint density at radius 2 is 1.77 bits per heavy atom. The molecule has 5 aromatic rings. The molecule has 2 amide bonds. The summed E-state index contributed by atoms with van der Waals surface area (Å²) in [4.78, 5) is 32.1. The summed E-state index contributed by atoms with van der Waals surface area (Å²) in [5, 5.41) is 36.8. The Bertz CT molecular complexity index is 2290. The van der Waals surface area contributed by atoms with Crippen molar-refractivity contribution in [3.63, 3.8) is 0 Å². The number of piperidine rings is 1. The van der Waals surface area contributed by atoms with Gasteiger partial charge in [-0.2, -0.15) is 0 Å². The number of aromatic hydroxyl groups is 1. The largest absolute Gasteiger partial charge is 0.508 e. The number of hydrogen-bond donors (Lipinski definition) is 6. The number of fused-ring (bicyclic) bond motifs is 1. The van der Waals surface area contributed by atoms with Crippen molar-refractivity contribution in [2.24, 2.45) is 5.73 Å². The molecule has 1 unspecified atom stereocenters. The molecular formula is C39H41N5O8S. The van der Waals surface area contributed by atoms with E-state index in [2.05, 4.69) is 15.6 Å².